The number of carbonyl (C=O) groups is 1. The average molecular weight is 334 g/mol. The SMILES string of the molecule is COCC(O)CN1CCC(NC(=O)CCc2ccc(C)cc2)CC1. The smallest absolute Gasteiger partial charge is 0.220 e. The molecule has 1 atom stereocenters. The maximum atomic E-state index is 12.1. The molecule has 5 heteroatoms. The molecule has 1 unspecified atom stereocenters. The molecular formula is C19H30N2O3. The first kappa shape index (κ1) is 18.9. The van der Waals surface area contributed by atoms with E-state index >= 15 is 0 Å². The van der Waals surface area contributed by atoms with Crippen molar-refractivity contribution in [2.24, 2.45) is 0 Å². The van der Waals surface area contributed by atoms with Crippen molar-refractivity contribution in [2.45, 2.75) is 44.8 Å². The highest BCUT2D eigenvalue weighted by atomic mass is 16.5. The van der Waals surface area contributed by atoms with Crippen molar-refractivity contribution < 1.29 is 14.6 Å². The zero-order valence-corrected chi connectivity index (χ0v) is 14.8. The van der Waals surface area contributed by atoms with Gasteiger partial charge in [0, 0.05) is 39.2 Å². The number of benzene rings is 1. The first-order chi connectivity index (χ1) is 11.6. The van der Waals surface area contributed by atoms with Crippen LogP contribution < -0.4 is 5.32 Å². The van der Waals surface area contributed by atoms with Gasteiger partial charge < -0.3 is 20.1 Å². The van der Waals surface area contributed by atoms with Gasteiger partial charge >= 0.3 is 0 Å². The Morgan fingerprint density at radius 2 is 2.00 bits per heavy atom. The molecule has 0 aromatic heterocycles. The van der Waals surface area contributed by atoms with E-state index in [1.165, 1.54) is 11.1 Å². The third kappa shape index (κ3) is 6.59. The van der Waals surface area contributed by atoms with Crippen LogP contribution in [0.1, 0.15) is 30.4 Å². The van der Waals surface area contributed by atoms with E-state index in [4.69, 9.17) is 4.74 Å². The lowest BCUT2D eigenvalue weighted by molar-refractivity contribution is -0.122. The number of rotatable bonds is 8. The average Bonchev–Trinajstić information content (AvgIpc) is 2.56. The Morgan fingerprint density at radius 1 is 1.33 bits per heavy atom. The number of carbonyl (C=O) groups excluding carboxylic acids is 1. The van der Waals surface area contributed by atoms with Gasteiger partial charge in [0.25, 0.3) is 0 Å². The topological polar surface area (TPSA) is 61.8 Å². The Hall–Kier alpha value is -1.43. The van der Waals surface area contributed by atoms with E-state index in [0.29, 0.717) is 19.6 Å². The number of nitrogens with one attached hydrogen (secondary N) is 1. The normalized spacial score (nSPS) is 17.6. The van der Waals surface area contributed by atoms with Crippen LogP contribution in [0.3, 0.4) is 0 Å². The van der Waals surface area contributed by atoms with E-state index < -0.39 is 6.10 Å². The van der Waals surface area contributed by atoms with Crippen LogP contribution in [0.5, 0.6) is 0 Å². The zero-order valence-electron chi connectivity index (χ0n) is 14.8. The number of hydrogen-bond donors (Lipinski definition) is 2. The molecule has 1 amide bonds. The Bertz CT molecular complexity index is 496. The van der Waals surface area contributed by atoms with Crippen molar-refractivity contribution in [1.82, 2.24) is 10.2 Å². The van der Waals surface area contributed by atoms with Gasteiger partial charge in [-0.15, -0.1) is 0 Å². The maximum Gasteiger partial charge on any atom is 0.220 e. The minimum Gasteiger partial charge on any atom is -0.389 e. The third-order valence-corrected chi connectivity index (χ3v) is 4.54. The number of aryl methyl sites for hydroxylation is 2. The second-order valence-corrected chi connectivity index (χ2v) is 6.74. The van der Waals surface area contributed by atoms with Crippen LogP contribution >= 0.6 is 0 Å². The fourth-order valence-corrected chi connectivity index (χ4v) is 3.12. The third-order valence-electron chi connectivity index (χ3n) is 4.54. The van der Waals surface area contributed by atoms with Gasteiger partial charge in [0.2, 0.25) is 5.91 Å². The molecule has 1 aromatic rings. The highest BCUT2D eigenvalue weighted by Gasteiger charge is 2.22. The molecule has 1 aromatic carbocycles. The summed E-state index contributed by atoms with van der Waals surface area (Å²) in [5.74, 6) is 0.133. The molecule has 1 saturated heterocycles. The van der Waals surface area contributed by atoms with Gasteiger partial charge in [-0.05, 0) is 31.7 Å². The summed E-state index contributed by atoms with van der Waals surface area (Å²) in [6.07, 6.45) is 2.77. The van der Waals surface area contributed by atoms with Crippen molar-refractivity contribution in [3.8, 4) is 0 Å². The van der Waals surface area contributed by atoms with Gasteiger partial charge in [0.15, 0.2) is 0 Å². The highest BCUT2D eigenvalue weighted by Crippen LogP contribution is 2.12. The lowest BCUT2D eigenvalue weighted by Crippen LogP contribution is -2.47. The van der Waals surface area contributed by atoms with Crippen molar-refractivity contribution >= 4 is 5.91 Å². The molecule has 0 bridgehead atoms. The number of nitrogens with zero attached hydrogens (tertiary/aromatic N) is 1. The molecule has 2 N–H and O–H groups in total. The molecule has 1 aliphatic heterocycles. The monoisotopic (exact) mass is 334 g/mol. The Kier molecular flexibility index (Phi) is 7.69. The number of piperidine rings is 1. The van der Waals surface area contributed by atoms with Crippen LogP contribution in [0.2, 0.25) is 0 Å². The number of amides is 1. The van der Waals surface area contributed by atoms with Crippen LogP contribution in [-0.2, 0) is 16.0 Å². The number of hydrogen-bond acceptors (Lipinski definition) is 4. The summed E-state index contributed by atoms with van der Waals surface area (Å²) >= 11 is 0. The fourth-order valence-electron chi connectivity index (χ4n) is 3.12. The summed E-state index contributed by atoms with van der Waals surface area (Å²) < 4.78 is 4.96. The number of likely N-dealkylation sites (tertiary alicyclic amines) is 1. The van der Waals surface area contributed by atoms with Crippen molar-refractivity contribution in [3.05, 3.63) is 35.4 Å². The van der Waals surface area contributed by atoms with Gasteiger partial charge in [-0.1, -0.05) is 29.8 Å². The summed E-state index contributed by atoms with van der Waals surface area (Å²) in [6.45, 7) is 4.89. The molecule has 2 rings (SSSR count). The minimum absolute atomic E-state index is 0.133. The molecule has 0 spiro atoms. The predicted octanol–water partition coefficient (Wildman–Crippen LogP) is 1.52. The van der Waals surface area contributed by atoms with Crippen molar-refractivity contribution in [3.63, 3.8) is 0 Å². The van der Waals surface area contributed by atoms with Crippen LogP contribution in [0.25, 0.3) is 0 Å². The lowest BCUT2D eigenvalue weighted by Gasteiger charge is -2.33. The molecular weight excluding hydrogens is 304 g/mol. The van der Waals surface area contributed by atoms with E-state index in [1.54, 1.807) is 7.11 Å². The second kappa shape index (κ2) is 9.77. The second-order valence-electron chi connectivity index (χ2n) is 6.74. The van der Waals surface area contributed by atoms with Gasteiger partial charge in [-0.3, -0.25) is 4.79 Å². The molecule has 1 fully saturated rings. The van der Waals surface area contributed by atoms with Crippen molar-refractivity contribution in [1.29, 1.82) is 0 Å². The van der Waals surface area contributed by atoms with Gasteiger partial charge in [-0.25, -0.2) is 0 Å². The Morgan fingerprint density at radius 3 is 2.62 bits per heavy atom. The predicted molar refractivity (Wildman–Crippen MR) is 95.0 cm³/mol. The van der Waals surface area contributed by atoms with E-state index in [9.17, 15) is 9.90 Å². The largest absolute Gasteiger partial charge is 0.389 e. The minimum atomic E-state index is -0.435. The number of aliphatic hydroxyl groups is 1. The summed E-state index contributed by atoms with van der Waals surface area (Å²) in [5, 5.41) is 12.9. The summed E-state index contributed by atoms with van der Waals surface area (Å²) in [6, 6.07) is 8.60. The molecule has 0 aliphatic carbocycles. The summed E-state index contributed by atoms with van der Waals surface area (Å²) in [5.41, 5.74) is 2.45. The first-order valence-corrected chi connectivity index (χ1v) is 8.81. The van der Waals surface area contributed by atoms with E-state index in [2.05, 4.69) is 41.4 Å². The molecule has 0 saturated carbocycles. The number of ether oxygens (including phenoxy) is 1. The van der Waals surface area contributed by atoms with E-state index in [1.807, 2.05) is 0 Å². The Balaban J connectivity index is 1.64. The molecule has 5 nitrogen and oxygen atoms in total. The highest BCUT2D eigenvalue weighted by molar-refractivity contribution is 5.76. The van der Waals surface area contributed by atoms with E-state index in [0.717, 1.165) is 32.4 Å². The molecule has 1 heterocycles. The molecule has 0 radical (unpaired) electrons. The molecule has 134 valence electrons. The van der Waals surface area contributed by atoms with Gasteiger partial charge in [-0.2, -0.15) is 0 Å². The standard InChI is InChI=1S/C19H30N2O3/c1-15-3-5-16(6-4-15)7-8-19(23)20-17-9-11-21(12-10-17)13-18(22)14-24-2/h3-6,17-18,22H,7-14H2,1-2H3,(H,20,23). The number of methoxy groups -OCH3 is 1. The van der Waals surface area contributed by atoms with Gasteiger partial charge in [0.05, 0.1) is 12.7 Å². The van der Waals surface area contributed by atoms with Crippen molar-refractivity contribution in [2.75, 3.05) is 33.4 Å². The van der Waals surface area contributed by atoms with Crippen LogP contribution in [0, 0.1) is 6.92 Å². The summed E-state index contributed by atoms with van der Waals surface area (Å²) in [7, 11) is 1.60. The molecule has 24 heavy (non-hydrogen) atoms. The maximum absolute atomic E-state index is 12.1. The van der Waals surface area contributed by atoms with Crippen LogP contribution in [0.15, 0.2) is 24.3 Å². The molecule has 1 aliphatic rings. The van der Waals surface area contributed by atoms with Crippen LogP contribution in [-0.4, -0.2) is 61.4 Å². The lowest BCUT2D eigenvalue weighted by atomic mass is 10.0. The first-order valence-electron chi connectivity index (χ1n) is 8.81. The van der Waals surface area contributed by atoms with E-state index in [-0.39, 0.29) is 11.9 Å². The summed E-state index contributed by atoms with van der Waals surface area (Å²) in [4.78, 5) is 14.3. The quantitative estimate of drug-likeness (QED) is 0.757. The van der Waals surface area contributed by atoms with Crippen LogP contribution in [0.4, 0.5) is 0 Å². The van der Waals surface area contributed by atoms with Gasteiger partial charge in [0.1, 0.15) is 0 Å². The fraction of sp³-hybridized carbons (Fsp3) is 0.632. The zero-order chi connectivity index (χ0) is 17.4. The number of β-amino-alcohol motifs (C(OH)–C–C–N with tert-alkyl or cyclic N) is 1. The Labute approximate surface area is 145 Å². The number of aliphatic hydroxyl groups excluding tert-OH is 1.